The first-order chi connectivity index (χ1) is 7.70. The highest BCUT2D eigenvalue weighted by molar-refractivity contribution is 5.07. The third-order valence-corrected chi connectivity index (χ3v) is 2.99. The van der Waals surface area contributed by atoms with E-state index < -0.39 is 0 Å². The van der Waals surface area contributed by atoms with Crippen molar-refractivity contribution >= 4 is 0 Å². The minimum atomic E-state index is 0.660. The Morgan fingerprint density at radius 1 is 1.38 bits per heavy atom. The van der Waals surface area contributed by atoms with Gasteiger partial charge >= 0.3 is 0 Å². The molecule has 0 atom stereocenters. The van der Waals surface area contributed by atoms with Gasteiger partial charge in [-0.1, -0.05) is 0 Å². The number of aromatic nitrogens is 1. The number of rotatable bonds is 8. The Kier molecular flexibility index (Phi) is 6.19. The SMILES string of the molecule is CC(C)N(C)CCCCNCc1cc[nH]c1. The summed E-state index contributed by atoms with van der Waals surface area (Å²) < 4.78 is 0. The van der Waals surface area contributed by atoms with Crippen LogP contribution in [0, 0.1) is 0 Å². The Labute approximate surface area is 99.2 Å². The smallest absolute Gasteiger partial charge is 0.0220 e. The molecule has 0 radical (unpaired) electrons. The molecule has 0 aliphatic rings. The van der Waals surface area contributed by atoms with E-state index >= 15 is 0 Å². The van der Waals surface area contributed by atoms with Gasteiger partial charge in [0.25, 0.3) is 0 Å². The van der Waals surface area contributed by atoms with Crippen LogP contribution in [0.1, 0.15) is 32.3 Å². The fourth-order valence-corrected chi connectivity index (χ4v) is 1.57. The number of nitrogens with one attached hydrogen (secondary N) is 2. The van der Waals surface area contributed by atoms with Crippen LogP contribution in [0.2, 0.25) is 0 Å². The normalized spacial score (nSPS) is 11.6. The molecule has 1 heterocycles. The summed E-state index contributed by atoms with van der Waals surface area (Å²) in [4.78, 5) is 5.46. The molecule has 0 bridgehead atoms. The lowest BCUT2D eigenvalue weighted by atomic mass is 10.2. The third kappa shape index (κ3) is 5.33. The predicted octanol–water partition coefficient (Wildman–Crippen LogP) is 2.22. The van der Waals surface area contributed by atoms with Gasteiger partial charge in [0.15, 0.2) is 0 Å². The molecule has 0 amide bonds. The van der Waals surface area contributed by atoms with Crippen molar-refractivity contribution < 1.29 is 0 Å². The summed E-state index contributed by atoms with van der Waals surface area (Å²) in [5, 5.41) is 3.45. The molecule has 2 N–H and O–H groups in total. The Balaban J connectivity index is 1.92. The van der Waals surface area contributed by atoms with Gasteiger partial charge in [0.2, 0.25) is 0 Å². The van der Waals surface area contributed by atoms with Crippen LogP contribution in [0.4, 0.5) is 0 Å². The maximum Gasteiger partial charge on any atom is 0.0220 e. The van der Waals surface area contributed by atoms with E-state index in [1.807, 2.05) is 12.4 Å². The zero-order valence-corrected chi connectivity index (χ0v) is 10.8. The highest BCUT2D eigenvalue weighted by Crippen LogP contribution is 1.98. The number of hydrogen-bond donors (Lipinski definition) is 2. The third-order valence-electron chi connectivity index (χ3n) is 2.99. The van der Waals surface area contributed by atoms with Gasteiger partial charge in [-0.15, -0.1) is 0 Å². The number of nitrogens with zero attached hydrogens (tertiary/aromatic N) is 1. The van der Waals surface area contributed by atoms with Gasteiger partial charge in [0, 0.05) is 25.0 Å². The summed E-state index contributed by atoms with van der Waals surface area (Å²) in [5.41, 5.74) is 1.33. The molecular formula is C13H25N3. The molecule has 16 heavy (non-hydrogen) atoms. The second-order valence-corrected chi connectivity index (χ2v) is 4.68. The van der Waals surface area contributed by atoms with Crippen LogP contribution in [0.5, 0.6) is 0 Å². The molecule has 1 aromatic heterocycles. The van der Waals surface area contributed by atoms with Crippen molar-refractivity contribution in [3.63, 3.8) is 0 Å². The molecular weight excluding hydrogens is 198 g/mol. The van der Waals surface area contributed by atoms with Crippen LogP contribution in [0.15, 0.2) is 18.5 Å². The Morgan fingerprint density at radius 2 is 2.19 bits per heavy atom. The molecule has 0 aromatic carbocycles. The zero-order chi connectivity index (χ0) is 11.8. The maximum absolute atomic E-state index is 3.45. The standard InChI is InChI=1S/C13H25N3/c1-12(2)16(3)9-5-4-7-14-10-13-6-8-15-11-13/h6,8,11-12,14-15H,4-5,7,9-10H2,1-3H3. The average Bonchev–Trinajstić information content (AvgIpc) is 2.75. The van der Waals surface area contributed by atoms with Crippen molar-refractivity contribution in [2.75, 3.05) is 20.1 Å². The van der Waals surface area contributed by atoms with Crippen molar-refractivity contribution in [1.29, 1.82) is 0 Å². The number of hydrogen-bond acceptors (Lipinski definition) is 2. The van der Waals surface area contributed by atoms with E-state index in [1.165, 1.54) is 24.9 Å². The van der Waals surface area contributed by atoms with E-state index in [0.717, 1.165) is 13.1 Å². The van der Waals surface area contributed by atoms with Crippen LogP contribution in [0.25, 0.3) is 0 Å². The molecule has 92 valence electrons. The first-order valence-electron chi connectivity index (χ1n) is 6.23. The van der Waals surface area contributed by atoms with E-state index in [2.05, 4.69) is 42.2 Å². The first kappa shape index (κ1) is 13.3. The van der Waals surface area contributed by atoms with E-state index in [4.69, 9.17) is 0 Å². The molecule has 0 fully saturated rings. The molecule has 0 saturated heterocycles. The van der Waals surface area contributed by atoms with Crippen molar-refractivity contribution in [2.24, 2.45) is 0 Å². The highest BCUT2D eigenvalue weighted by atomic mass is 15.1. The van der Waals surface area contributed by atoms with E-state index in [1.54, 1.807) is 0 Å². The topological polar surface area (TPSA) is 31.1 Å². The average molecular weight is 223 g/mol. The summed E-state index contributed by atoms with van der Waals surface area (Å²) in [7, 11) is 2.19. The number of aromatic amines is 1. The summed E-state index contributed by atoms with van der Waals surface area (Å²) in [6.45, 7) is 7.76. The highest BCUT2D eigenvalue weighted by Gasteiger charge is 2.01. The van der Waals surface area contributed by atoms with Crippen molar-refractivity contribution in [1.82, 2.24) is 15.2 Å². The summed E-state index contributed by atoms with van der Waals surface area (Å²) in [5.74, 6) is 0. The second-order valence-electron chi connectivity index (χ2n) is 4.68. The van der Waals surface area contributed by atoms with Gasteiger partial charge in [-0.3, -0.25) is 0 Å². The quantitative estimate of drug-likeness (QED) is 0.662. The zero-order valence-electron chi connectivity index (χ0n) is 10.8. The van der Waals surface area contributed by atoms with Crippen LogP contribution in [-0.4, -0.2) is 36.1 Å². The maximum atomic E-state index is 3.45. The largest absolute Gasteiger partial charge is 0.367 e. The lowest BCUT2D eigenvalue weighted by Gasteiger charge is -2.20. The Hall–Kier alpha value is -0.800. The summed E-state index contributed by atoms with van der Waals surface area (Å²) in [6.07, 6.45) is 6.53. The predicted molar refractivity (Wildman–Crippen MR) is 69.5 cm³/mol. The monoisotopic (exact) mass is 223 g/mol. The van der Waals surface area contributed by atoms with Gasteiger partial charge < -0.3 is 15.2 Å². The van der Waals surface area contributed by atoms with E-state index in [0.29, 0.717) is 6.04 Å². The van der Waals surface area contributed by atoms with Crippen LogP contribution < -0.4 is 5.32 Å². The summed E-state index contributed by atoms with van der Waals surface area (Å²) in [6, 6.07) is 2.77. The molecule has 0 aliphatic heterocycles. The van der Waals surface area contributed by atoms with Gasteiger partial charge in [0.05, 0.1) is 0 Å². The van der Waals surface area contributed by atoms with E-state index in [9.17, 15) is 0 Å². The first-order valence-corrected chi connectivity index (χ1v) is 6.23. The fraction of sp³-hybridized carbons (Fsp3) is 0.692. The molecule has 3 heteroatoms. The molecule has 1 aromatic rings. The van der Waals surface area contributed by atoms with Crippen LogP contribution >= 0.6 is 0 Å². The van der Waals surface area contributed by atoms with Gasteiger partial charge in [-0.2, -0.15) is 0 Å². The molecule has 0 unspecified atom stereocenters. The molecule has 0 saturated carbocycles. The van der Waals surface area contributed by atoms with Crippen molar-refractivity contribution in [2.45, 2.75) is 39.3 Å². The Morgan fingerprint density at radius 3 is 2.81 bits per heavy atom. The van der Waals surface area contributed by atoms with Gasteiger partial charge in [-0.05, 0) is 58.5 Å². The summed E-state index contributed by atoms with van der Waals surface area (Å²) >= 11 is 0. The molecule has 3 nitrogen and oxygen atoms in total. The minimum absolute atomic E-state index is 0.660. The lowest BCUT2D eigenvalue weighted by molar-refractivity contribution is 0.268. The minimum Gasteiger partial charge on any atom is -0.367 e. The molecule has 1 rings (SSSR count). The lowest BCUT2D eigenvalue weighted by Crippen LogP contribution is -2.27. The van der Waals surface area contributed by atoms with Crippen molar-refractivity contribution in [3.8, 4) is 0 Å². The number of unbranched alkanes of at least 4 members (excludes halogenated alkanes) is 1. The van der Waals surface area contributed by atoms with Crippen LogP contribution in [-0.2, 0) is 6.54 Å². The van der Waals surface area contributed by atoms with Gasteiger partial charge in [-0.25, -0.2) is 0 Å². The second kappa shape index (κ2) is 7.47. The molecule has 0 spiro atoms. The van der Waals surface area contributed by atoms with Crippen LogP contribution in [0.3, 0.4) is 0 Å². The Bertz CT molecular complexity index is 254. The van der Waals surface area contributed by atoms with Gasteiger partial charge in [0.1, 0.15) is 0 Å². The van der Waals surface area contributed by atoms with E-state index in [-0.39, 0.29) is 0 Å². The molecule has 0 aliphatic carbocycles. The van der Waals surface area contributed by atoms with Crippen molar-refractivity contribution in [3.05, 3.63) is 24.0 Å². The fourth-order valence-electron chi connectivity index (χ4n) is 1.57. The number of H-pyrrole nitrogens is 1.